The molecule has 3 rings (SSSR count). The Hall–Kier alpha value is -2.25. The Bertz CT molecular complexity index is 690. The van der Waals surface area contributed by atoms with E-state index in [1.165, 1.54) is 12.1 Å². The molecule has 2 aromatic rings. The van der Waals surface area contributed by atoms with E-state index in [1.807, 2.05) is 22.7 Å². The number of carbonyl (C=O) groups excluding carboxylic acids is 1. The number of hydrogen-bond donors (Lipinski definition) is 1. The molecule has 1 fully saturated rings. The number of rotatable bonds is 6. The molecule has 1 aliphatic rings. The summed E-state index contributed by atoms with van der Waals surface area (Å²) < 4.78 is 14.9. The van der Waals surface area contributed by atoms with Gasteiger partial charge in [-0.25, -0.2) is 9.37 Å². The van der Waals surface area contributed by atoms with Gasteiger partial charge in [-0.3, -0.25) is 9.69 Å². The predicted octanol–water partition coefficient (Wildman–Crippen LogP) is 1.12. The van der Waals surface area contributed by atoms with Crippen LogP contribution >= 0.6 is 0 Å². The van der Waals surface area contributed by atoms with E-state index in [1.54, 1.807) is 29.6 Å². The molecule has 0 unspecified atom stereocenters. The van der Waals surface area contributed by atoms with Crippen molar-refractivity contribution in [1.82, 2.24) is 19.4 Å². The van der Waals surface area contributed by atoms with Crippen LogP contribution in [0.2, 0.25) is 0 Å². The molecule has 1 saturated heterocycles. The molecule has 0 spiro atoms. The fourth-order valence-electron chi connectivity index (χ4n) is 3.20. The van der Waals surface area contributed by atoms with Crippen LogP contribution in [0.4, 0.5) is 4.39 Å². The van der Waals surface area contributed by atoms with Crippen LogP contribution in [0.25, 0.3) is 0 Å². The summed E-state index contributed by atoms with van der Waals surface area (Å²) in [6.07, 6.45) is 5.00. The van der Waals surface area contributed by atoms with Crippen LogP contribution < -0.4 is 0 Å². The molecule has 0 saturated carbocycles. The number of carbonyl (C=O) groups is 1. The summed E-state index contributed by atoms with van der Waals surface area (Å²) in [5.41, 5.74) is 0.973. The van der Waals surface area contributed by atoms with Gasteiger partial charge in [-0.15, -0.1) is 0 Å². The molecule has 1 amide bonds. The molecule has 0 bridgehead atoms. The second kappa shape index (κ2) is 7.76. The maximum atomic E-state index is 13.0. The van der Waals surface area contributed by atoms with Gasteiger partial charge in [0.15, 0.2) is 0 Å². The highest BCUT2D eigenvalue weighted by molar-refractivity contribution is 5.76. The van der Waals surface area contributed by atoms with Crippen LogP contribution in [0.5, 0.6) is 0 Å². The second-order valence-electron chi connectivity index (χ2n) is 6.53. The Balaban J connectivity index is 1.53. The minimum absolute atomic E-state index is 0.0328. The maximum absolute atomic E-state index is 13.0. The summed E-state index contributed by atoms with van der Waals surface area (Å²) in [4.78, 5) is 20.1. The van der Waals surface area contributed by atoms with Crippen molar-refractivity contribution in [3.8, 4) is 0 Å². The standard InChI is InChI=1S/C18H23FN4O2/c1-21(10-14-2-4-15(19)5-3-14)16-11-23(12-17(16)24)18(25)6-8-22-9-7-20-13-22/h2-5,7,9,13,16-17,24H,6,8,10-12H2,1H3/t16-,17-/m1/s1. The number of hydrogen-bond acceptors (Lipinski definition) is 4. The quantitative estimate of drug-likeness (QED) is 0.851. The third-order valence-corrected chi connectivity index (χ3v) is 4.67. The zero-order valence-electron chi connectivity index (χ0n) is 14.3. The van der Waals surface area contributed by atoms with Crippen molar-refractivity contribution in [2.24, 2.45) is 0 Å². The summed E-state index contributed by atoms with van der Waals surface area (Å²) in [5.74, 6) is -0.229. The van der Waals surface area contributed by atoms with Crippen molar-refractivity contribution in [1.29, 1.82) is 0 Å². The van der Waals surface area contributed by atoms with Crippen LogP contribution in [0.3, 0.4) is 0 Å². The van der Waals surface area contributed by atoms with Crippen molar-refractivity contribution in [2.45, 2.75) is 31.7 Å². The minimum Gasteiger partial charge on any atom is -0.390 e. The van der Waals surface area contributed by atoms with Crippen LogP contribution in [-0.2, 0) is 17.9 Å². The summed E-state index contributed by atoms with van der Waals surface area (Å²) >= 11 is 0. The smallest absolute Gasteiger partial charge is 0.224 e. The number of halogens is 1. The van der Waals surface area contributed by atoms with Gasteiger partial charge in [0.05, 0.1) is 18.5 Å². The lowest BCUT2D eigenvalue weighted by atomic mass is 10.1. The largest absolute Gasteiger partial charge is 0.390 e. The average Bonchev–Trinajstić information content (AvgIpc) is 3.24. The summed E-state index contributed by atoms with van der Waals surface area (Å²) in [6, 6.07) is 6.21. The van der Waals surface area contributed by atoms with Crippen LogP contribution in [0.1, 0.15) is 12.0 Å². The van der Waals surface area contributed by atoms with Crippen molar-refractivity contribution in [3.63, 3.8) is 0 Å². The van der Waals surface area contributed by atoms with Crippen LogP contribution in [0.15, 0.2) is 43.0 Å². The van der Waals surface area contributed by atoms with E-state index in [9.17, 15) is 14.3 Å². The Morgan fingerprint density at radius 1 is 1.36 bits per heavy atom. The molecule has 0 aliphatic carbocycles. The van der Waals surface area contributed by atoms with E-state index in [-0.39, 0.29) is 17.8 Å². The van der Waals surface area contributed by atoms with Gasteiger partial charge in [0.25, 0.3) is 0 Å². The lowest BCUT2D eigenvalue weighted by molar-refractivity contribution is -0.130. The zero-order valence-corrected chi connectivity index (χ0v) is 14.3. The topological polar surface area (TPSA) is 61.6 Å². The second-order valence-corrected chi connectivity index (χ2v) is 6.53. The Morgan fingerprint density at radius 3 is 2.80 bits per heavy atom. The summed E-state index contributed by atoms with van der Waals surface area (Å²) in [5, 5.41) is 10.3. The normalized spacial score (nSPS) is 20.4. The fourth-order valence-corrected chi connectivity index (χ4v) is 3.20. The van der Waals surface area contributed by atoms with E-state index < -0.39 is 6.10 Å². The number of aliphatic hydroxyl groups is 1. The number of aromatic nitrogens is 2. The predicted molar refractivity (Wildman–Crippen MR) is 91.1 cm³/mol. The molecule has 134 valence electrons. The molecule has 1 aromatic heterocycles. The molecule has 2 heterocycles. The van der Waals surface area contributed by atoms with E-state index in [0.29, 0.717) is 32.6 Å². The van der Waals surface area contributed by atoms with Crippen molar-refractivity contribution >= 4 is 5.91 Å². The molecule has 1 aromatic carbocycles. The summed E-state index contributed by atoms with van der Waals surface area (Å²) in [7, 11) is 1.91. The number of aryl methyl sites for hydroxylation is 1. The molecule has 2 atom stereocenters. The molecule has 7 heteroatoms. The Morgan fingerprint density at radius 2 is 2.12 bits per heavy atom. The molecular formula is C18H23FN4O2. The first-order chi connectivity index (χ1) is 12.0. The van der Waals surface area contributed by atoms with E-state index in [4.69, 9.17) is 0 Å². The van der Waals surface area contributed by atoms with Gasteiger partial charge in [-0.1, -0.05) is 12.1 Å². The number of likely N-dealkylation sites (N-methyl/N-ethyl adjacent to an activating group) is 1. The molecule has 25 heavy (non-hydrogen) atoms. The number of nitrogens with zero attached hydrogens (tertiary/aromatic N) is 4. The molecular weight excluding hydrogens is 323 g/mol. The first-order valence-corrected chi connectivity index (χ1v) is 8.39. The number of amides is 1. The summed E-state index contributed by atoms with van der Waals surface area (Å²) in [6.45, 7) is 2.03. The third-order valence-electron chi connectivity index (χ3n) is 4.67. The van der Waals surface area contributed by atoms with Crippen molar-refractivity contribution < 1.29 is 14.3 Å². The average molecular weight is 346 g/mol. The van der Waals surface area contributed by atoms with Crippen molar-refractivity contribution in [2.75, 3.05) is 20.1 Å². The van der Waals surface area contributed by atoms with Gasteiger partial charge in [0, 0.05) is 45.0 Å². The first-order valence-electron chi connectivity index (χ1n) is 8.39. The molecule has 6 nitrogen and oxygen atoms in total. The highest BCUT2D eigenvalue weighted by Crippen LogP contribution is 2.18. The monoisotopic (exact) mass is 346 g/mol. The third kappa shape index (κ3) is 4.43. The minimum atomic E-state index is -0.581. The molecule has 1 N–H and O–H groups in total. The van der Waals surface area contributed by atoms with E-state index >= 15 is 0 Å². The lowest BCUT2D eigenvalue weighted by Crippen LogP contribution is -2.40. The number of β-amino-alcohol motifs (C(OH)–C–C–N with tert-alkyl or cyclic N) is 1. The maximum Gasteiger partial charge on any atom is 0.224 e. The van der Waals surface area contributed by atoms with Crippen LogP contribution in [-0.4, -0.2) is 62.6 Å². The van der Waals surface area contributed by atoms with E-state index in [2.05, 4.69) is 4.98 Å². The first kappa shape index (κ1) is 17.6. The van der Waals surface area contributed by atoms with Crippen molar-refractivity contribution in [3.05, 3.63) is 54.4 Å². The Kier molecular flexibility index (Phi) is 5.45. The van der Waals surface area contributed by atoms with Gasteiger partial charge in [0.1, 0.15) is 5.82 Å². The zero-order chi connectivity index (χ0) is 17.8. The molecule has 0 radical (unpaired) electrons. The van der Waals surface area contributed by atoms with Gasteiger partial charge >= 0.3 is 0 Å². The number of aliphatic hydroxyl groups excluding tert-OH is 1. The van der Waals surface area contributed by atoms with Gasteiger partial charge in [0.2, 0.25) is 5.91 Å². The SMILES string of the molecule is CN(Cc1ccc(F)cc1)[C@@H]1CN(C(=O)CCn2ccnc2)C[C@H]1O. The number of imidazole rings is 1. The van der Waals surface area contributed by atoms with Crippen LogP contribution in [0, 0.1) is 5.82 Å². The number of likely N-dealkylation sites (tertiary alicyclic amines) is 1. The Labute approximate surface area is 146 Å². The van der Waals surface area contributed by atoms with Gasteiger partial charge in [-0.05, 0) is 24.7 Å². The lowest BCUT2D eigenvalue weighted by Gasteiger charge is -2.26. The number of benzene rings is 1. The highest BCUT2D eigenvalue weighted by atomic mass is 19.1. The van der Waals surface area contributed by atoms with E-state index in [0.717, 1.165) is 5.56 Å². The fraction of sp³-hybridized carbons (Fsp3) is 0.444. The molecule has 1 aliphatic heterocycles. The van der Waals surface area contributed by atoms with Gasteiger partial charge < -0.3 is 14.6 Å². The van der Waals surface area contributed by atoms with Gasteiger partial charge in [-0.2, -0.15) is 0 Å². The highest BCUT2D eigenvalue weighted by Gasteiger charge is 2.36.